The maximum absolute atomic E-state index is 3.49. The van der Waals surface area contributed by atoms with Crippen molar-refractivity contribution in [3.8, 4) is 0 Å². The van der Waals surface area contributed by atoms with Crippen LogP contribution in [0.4, 0.5) is 5.69 Å². The Kier molecular flexibility index (Phi) is 5.49. The molecule has 0 bridgehead atoms. The summed E-state index contributed by atoms with van der Waals surface area (Å²) in [5, 5.41) is 3.49. The second kappa shape index (κ2) is 6.65. The number of hydrogen-bond donors (Lipinski definition) is 1. The van der Waals surface area contributed by atoms with Crippen molar-refractivity contribution in [2.75, 3.05) is 11.9 Å². The van der Waals surface area contributed by atoms with Gasteiger partial charge in [-0.2, -0.15) is 0 Å². The average molecular weight is 234 g/mol. The van der Waals surface area contributed by atoms with Gasteiger partial charge in [-0.1, -0.05) is 39.0 Å². The highest BCUT2D eigenvalue weighted by Crippen LogP contribution is 2.21. The molecule has 0 spiro atoms. The van der Waals surface area contributed by atoms with Crippen LogP contribution in [0.1, 0.15) is 39.7 Å². The lowest BCUT2D eigenvalue weighted by Crippen LogP contribution is -2.30. The van der Waals surface area contributed by atoms with Crippen LogP contribution in [-0.2, 0) is 6.54 Å². The fourth-order valence-corrected chi connectivity index (χ4v) is 1.83. The van der Waals surface area contributed by atoms with Crippen molar-refractivity contribution >= 4 is 5.69 Å². The molecule has 0 aliphatic carbocycles. The Bertz CT molecular complexity index is 333. The van der Waals surface area contributed by atoms with Gasteiger partial charge in [0.15, 0.2) is 0 Å². The molecule has 1 N–H and O–H groups in total. The molecule has 1 aromatic carbocycles. The van der Waals surface area contributed by atoms with Gasteiger partial charge in [-0.3, -0.25) is 0 Å². The molecule has 0 aliphatic heterocycles. The lowest BCUT2D eigenvalue weighted by atomic mass is 10.1. The quantitative estimate of drug-likeness (QED) is 0.811. The standard InChI is InChI=1S/C15H26N2/c1-6-13(4)17(5)15-10-8-7-9-14(15)11-16-12(2)3/h7-10,12-13,16H,6,11H2,1-5H3. The zero-order valence-electron chi connectivity index (χ0n) is 11.8. The Labute approximate surface area is 106 Å². The van der Waals surface area contributed by atoms with Crippen molar-refractivity contribution in [1.82, 2.24) is 5.32 Å². The monoisotopic (exact) mass is 234 g/mol. The first-order valence-electron chi connectivity index (χ1n) is 6.60. The van der Waals surface area contributed by atoms with Gasteiger partial charge in [0.1, 0.15) is 0 Å². The van der Waals surface area contributed by atoms with E-state index in [4.69, 9.17) is 0 Å². The van der Waals surface area contributed by atoms with Crippen molar-refractivity contribution in [2.24, 2.45) is 0 Å². The molecule has 0 saturated heterocycles. The average Bonchev–Trinajstić information content (AvgIpc) is 2.34. The van der Waals surface area contributed by atoms with Gasteiger partial charge >= 0.3 is 0 Å². The smallest absolute Gasteiger partial charge is 0.0411 e. The van der Waals surface area contributed by atoms with E-state index in [1.807, 2.05) is 0 Å². The number of para-hydroxylation sites is 1. The molecule has 0 saturated carbocycles. The first kappa shape index (κ1) is 14.0. The third kappa shape index (κ3) is 4.04. The molecule has 1 atom stereocenters. The summed E-state index contributed by atoms with van der Waals surface area (Å²) in [4.78, 5) is 2.37. The number of rotatable bonds is 6. The molecule has 0 aromatic heterocycles. The Balaban J connectivity index is 2.83. The number of benzene rings is 1. The van der Waals surface area contributed by atoms with Crippen LogP contribution >= 0.6 is 0 Å². The molecular weight excluding hydrogens is 208 g/mol. The number of anilines is 1. The van der Waals surface area contributed by atoms with E-state index in [2.05, 4.69) is 69.2 Å². The van der Waals surface area contributed by atoms with Crippen LogP contribution in [0, 0.1) is 0 Å². The van der Waals surface area contributed by atoms with E-state index in [9.17, 15) is 0 Å². The molecular formula is C15H26N2. The van der Waals surface area contributed by atoms with Gasteiger partial charge in [0.25, 0.3) is 0 Å². The minimum Gasteiger partial charge on any atom is -0.372 e. The Hall–Kier alpha value is -1.02. The van der Waals surface area contributed by atoms with Gasteiger partial charge in [-0.15, -0.1) is 0 Å². The van der Waals surface area contributed by atoms with Crippen molar-refractivity contribution in [3.63, 3.8) is 0 Å². The molecule has 0 aliphatic rings. The second-order valence-corrected chi connectivity index (χ2v) is 5.03. The largest absolute Gasteiger partial charge is 0.372 e. The first-order valence-corrected chi connectivity index (χ1v) is 6.60. The molecule has 0 heterocycles. The molecule has 2 nitrogen and oxygen atoms in total. The Morgan fingerprint density at radius 1 is 1.18 bits per heavy atom. The maximum atomic E-state index is 3.49. The molecule has 1 rings (SSSR count). The zero-order valence-corrected chi connectivity index (χ0v) is 11.8. The molecule has 0 amide bonds. The summed E-state index contributed by atoms with van der Waals surface area (Å²) in [5.74, 6) is 0. The predicted molar refractivity (Wildman–Crippen MR) is 76.6 cm³/mol. The summed E-state index contributed by atoms with van der Waals surface area (Å²) < 4.78 is 0. The number of nitrogens with one attached hydrogen (secondary N) is 1. The van der Waals surface area contributed by atoms with E-state index < -0.39 is 0 Å². The van der Waals surface area contributed by atoms with E-state index in [1.165, 1.54) is 17.7 Å². The van der Waals surface area contributed by atoms with Crippen LogP contribution in [-0.4, -0.2) is 19.1 Å². The van der Waals surface area contributed by atoms with Crippen LogP contribution in [0.3, 0.4) is 0 Å². The van der Waals surface area contributed by atoms with Crippen LogP contribution in [0.25, 0.3) is 0 Å². The van der Waals surface area contributed by atoms with Gasteiger partial charge in [0.05, 0.1) is 0 Å². The third-order valence-electron chi connectivity index (χ3n) is 3.32. The number of nitrogens with zero attached hydrogens (tertiary/aromatic N) is 1. The first-order chi connectivity index (χ1) is 8.06. The highest BCUT2D eigenvalue weighted by molar-refractivity contribution is 5.53. The second-order valence-electron chi connectivity index (χ2n) is 5.03. The summed E-state index contributed by atoms with van der Waals surface area (Å²) >= 11 is 0. The van der Waals surface area contributed by atoms with E-state index in [1.54, 1.807) is 0 Å². The number of hydrogen-bond acceptors (Lipinski definition) is 2. The Morgan fingerprint density at radius 3 is 2.41 bits per heavy atom. The fraction of sp³-hybridized carbons (Fsp3) is 0.600. The molecule has 0 fully saturated rings. The van der Waals surface area contributed by atoms with E-state index in [0.29, 0.717) is 12.1 Å². The van der Waals surface area contributed by atoms with Gasteiger partial charge < -0.3 is 10.2 Å². The van der Waals surface area contributed by atoms with Crippen LogP contribution in [0.5, 0.6) is 0 Å². The molecule has 96 valence electrons. The van der Waals surface area contributed by atoms with E-state index >= 15 is 0 Å². The summed E-state index contributed by atoms with van der Waals surface area (Å²) in [6.07, 6.45) is 1.17. The zero-order chi connectivity index (χ0) is 12.8. The van der Waals surface area contributed by atoms with E-state index in [0.717, 1.165) is 6.54 Å². The summed E-state index contributed by atoms with van der Waals surface area (Å²) in [5.41, 5.74) is 2.72. The molecule has 1 unspecified atom stereocenters. The Morgan fingerprint density at radius 2 is 1.82 bits per heavy atom. The van der Waals surface area contributed by atoms with Crippen LogP contribution < -0.4 is 10.2 Å². The van der Waals surface area contributed by atoms with Crippen molar-refractivity contribution in [3.05, 3.63) is 29.8 Å². The van der Waals surface area contributed by atoms with Gasteiger partial charge in [0, 0.05) is 31.4 Å². The van der Waals surface area contributed by atoms with E-state index in [-0.39, 0.29) is 0 Å². The minimum absolute atomic E-state index is 0.525. The molecule has 2 heteroatoms. The van der Waals surface area contributed by atoms with Gasteiger partial charge in [-0.25, -0.2) is 0 Å². The molecule has 1 aromatic rings. The maximum Gasteiger partial charge on any atom is 0.0411 e. The SMILES string of the molecule is CCC(C)N(C)c1ccccc1CNC(C)C. The van der Waals surface area contributed by atoms with Crippen molar-refractivity contribution < 1.29 is 0 Å². The predicted octanol–water partition coefficient (Wildman–Crippen LogP) is 3.42. The molecule has 0 radical (unpaired) electrons. The van der Waals surface area contributed by atoms with Crippen LogP contribution in [0.2, 0.25) is 0 Å². The lowest BCUT2D eigenvalue weighted by Gasteiger charge is -2.28. The normalized spacial score (nSPS) is 12.8. The van der Waals surface area contributed by atoms with Gasteiger partial charge in [0.2, 0.25) is 0 Å². The van der Waals surface area contributed by atoms with Crippen molar-refractivity contribution in [1.29, 1.82) is 0 Å². The lowest BCUT2D eigenvalue weighted by molar-refractivity contribution is 0.585. The molecule has 17 heavy (non-hydrogen) atoms. The summed E-state index contributed by atoms with van der Waals surface area (Å²) in [6, 6.07) is 9.76. The van der Waals surface area contributed by atoms with Crippen molar-refractivity contribution in [2.45, 2.75) is 52.7 Å². The summed E-state index contributed by atoms with van der Waals surface area (Å²) in [6.45, 7) is 9.80. The summed E-state index contributed by atoms with van der Waals surface area (Å²) in [7, 11) is 2.18. The van der Waals surface area contributed by atoms with Gasteiger partial charge in [-0.05, 0) is 25.0 Å². The third-order valence-corrected chi connectivity index (χ3v) is 3.32. The topological polar surface area (TPSA) is 15.3 Å². The highest BCUT2D eigenvalue weighted by Gasteiger charge is 2.11. The minimum atomic E-state index is 0.525. The highest BCUT2D eigenvalue weighted by atomic mass is 15.1. The fourth-order valence-electron chi connectivity index (χ4n) is 1.83. The van der Waals surface area contributed by atoms with Crippen LogP contribution in [0.15, 0.2) is 24.3 Å².